The highest BCUT2D eigenvalue weighted by Crippen LogP contribution is 2.13. The standard InChI is InChI=1S/C16H34O5/c1-7-17-10-15(21-14(4)5)11-19-13-16(6,20-9-3)12-18-8-2/h14-15H,7-13H2,1-6H3. The SMILES string of the molecule is CCOCC(COCC(C)(COCC)OCC)OC(C)C. The predicted octanol–water partition coefficient (Wildman–Crippen LogP) is 2.66. The van der Waals surface area contributed by atoms with Gasteiger partial charge in [0.2, 0.25) is 0 Å². The van der Waals surface area contributed by atoms with Crippen LogP contribution in [0.2, 0.25) is 0 Å². The summed E-state index contributed by atoms with van der Waals surface area (Å²) in [6.07, 6.45) is 0.101. The van der Waals surface area contributed by atoms with E-state index in [0.29, 0.717) is 46.2 Å². The Bertz CT molecular complexity index is 235. The minimum Gasteiger partial charge on any atom is -0.379 e. The summed E-state index contributed by atoms with van der Waals surface area (Å²) in [5.41, 5.74) is -0.418. The molecule has 0 aliphatic rings. The molecule has 0 fully saturated rings. The van der Waals surface area contributed by atoms with Gasteiger partial charge < -0.3 is 23.7 Å². The van der Waals surface area contributed by atoms with E-state index in [1.165, 1.54) is 0 Å². The molecule has 0 aromatic heterocycles. The second-order valence-electron chi connectivity index (χ2n) is 5.50. The van der Waals surface area contributed by atoms with Crippen LogP contribution in [-0.4, -0.2) is 64.1 Å². The molecular formula is C16H34O5. The predicted molar refractivity (Wildman–Crippen MR) is 83.8 cm³/mol. The average molecular weight is 306 g/mol. The first-order valence-corrected chi connectivity index (χ1v) is 8.00. The Morgan fingerprint density at radius 2 is 1.38 bits per heavy atom. The molecular weight excluding hydrogens is 272 g/mol. The second kappa shape index (κ2) is 12.4. The van der Waals surface area contributed by atoms with Gasteiger partial charge in [-0.2, -0.15) is 0 Å². The second-order valence-corrected chi connectivity index (χ2v) is 5.50. The van der Waals surface area contributed by atoms with E-state index < -0.39 is 5.60 Å². The maximum atomic E-state index is 5.80. The molecule has 5 nitrogen and oxygen atoms in total. The average Bonchev–Trinajstić information content (AvgIpc) is 2.42. The topological polar surface area (TPSA) is 46.2 Å². The molecule has 0 spiro atoms. The van der Waals surface area contributed by atoms with Crippen molar-refractivity contribution in [1.82, 2.24) is 0 Å². The number of hydrogen-bond acceptors (Lipinski definition) is 5. The van der Waals surface area contributed by atoms with Crippen LogP contribution in [0.4, 0.5) is 0 Å². The normalized spacial score (nSPS) is 16.1. The molecule has 0 N–H and O–H groups in total. The molecule has 0 saturated heterocycles. The first-order chi connectivity index (χ1) is 9.97. The Morgan fingerprint density at radius 3 is 1.90 bits per heavy atom. The van der Waals surface area contributed by atoms with Crippen LogP contribution in [-0.2, 0) is 23.7 Å². The molecule has 0 bridgehead atoms. The van der Waals surface area contributed by atoms with Gasteiger partial charge in [-0.05, 0) is 41.5 Å². The van der Waals surface area contributed by atoms with Crippen LogP contribution in [0.5, 0.6) is 0 Å². The van der Waals surface area contributed by atoms with E-state index in [9.17, 15) is 0 Å². The van der Waals surface area contributed by atoms with E-state index in [4.69, 9.17) is 23.7 Å². The fourth-order valence-corrected chi connectivity index (χ4v) is 1.96. The van der Waals surface area contributed by atoms with Crippen LogP contribution in [0.1, 0.15) is 41.5 Å². The first-order valence-electron chi connectivity index (χ1n) is 8.00. The van der Waals surface area contributed by atoms with E-state index in [-0.39, 0.29) is 12.2 Å². The summed E-state index contributed by atoms with van der Waals surface area (Å²) in [4.78, 5) is 0. The molecule has 21 heavy (non-hydrogen) atoms. The number of hydrogen-bond donors (Lipinski definition) is 0. The third kappa shape index (κ3) is 11.1. The molecule has 0 aromatic carbocycles. The van der Waals surface area contributed by atoms with E-state index in [2.05, 4.69) is 0 Å². The van der Waals surface area contributed by atoms with Gasteiger partial charge in [-0.1, -0.05) is 0 Å². The highest BCUT2D eigenvalue weighted by molar-refractivity contribution is 4.74. The van der Waals surface area contributed by atoms with Gasteiger partial charge in [0, 0.05) is 19.8 Å². The molecule has 0 aliphatic carbocycles. The maximum absolute atomic E-state index is 5.80. The van der Waals surface area contributed by atoms with Crippen molar-refractivity contribution in [1.29, 1.82) is 0 Å². The molecule has 0 radical (unpaired) electrons. The van der Waals surface area contributed by atoms with Crippen molar-refractivity contribution >= 4 is 0 Å². The molecule has 0 amide bonds. The highest BCUT2D eigenvalue weighted by atomic mass is 16.6. The largest absolute Gasteiger partial charge is 0.379 e. The van der Waals surface area contributed by atoms with Crippen LogP contribution in [0.15, 0.2) is 0 Å². The lowest BCUT2D eigenvalue weighted by atomic mass is 10.1. The zero-order chi connectivity index (χ0) is 16.1. The van der Waals surface area contributed by atoms with Crippen LogP contribution in [0.3, 0.4) is 0 Å². The molecule has 0 aliphatic heterocycles. The maximum Gasteiger partial charge on any atom is 0.112 e. The summed E-state index contributed by atoms with van der Waals surface area (Å²) in [5, 5.41) is 0. The number of rotatable bonds is 14. The Kier molecular flexibility index (Phi) is 12.2. The van der Waals surface area contributed by atoms with Crippen LogP contribution in [0.25, 0.3) is 0 Å². The molecule has 128 valence electrons. The van der Waals surface area contributed by atoms with Crippen LogP contribution in [0, 0.1) is 0 Å². The first kappa shape index (κ1) is 20.8. The van der Waals surface area contributed by atoms with Crippen molar-refractivity contribution in [2.75, 3.05) is 46.2 Å². The smallest absolute Gasteiger partial charge is 0.112 e. The van der Waals surface area contributed by atoms with E-state index >= 15 is 0 Å². The van der Waals surface area contributed by atoms with Gasteiger partial charge in [0.15, 0.2) is 0 Å². The van der Waals surface area contributed by atoms with Gasteiger partial charge in [-0.15, -0.1) is 0 Å². The van der Waals surface area contributed by atoms with Crippen molar-refractivity contribution < 1.29 is 23.7 Å². The van der Waals surface area contributed by atoms with Gasteiger partial charge in [-0.3, -0.25) is 0 Å². The van der Waals surface area contributed by atoms with Crippen molar-refractivity contribution in [3.05, 3.63) is 0 Å². The quantitative estimate of drug-likeness (QED) is 0.494. The third-order valence-corrected chi connectivity index (χ3v) is 2.79. The lowest BCUT2D eigenvalue weighted by Crippen LogP contribution is -2.41. The molecule has 0 rings (SSSR count). The molecule has 5 heteroatoms. The summed E-state index contributed by atoms with van der Waals surface area (Å²) in [6.45, 7) is 16.0. The Morgan fingerprint density at radius 1 is 0.810 bits per heavy atom. The minimum atomic E-state index is -0.418. The zero-order valence-electron chi connectivity index (χ0n) is 14.6. The van der Waals surface area contributed by atoms with Gasteiger partial charge in [0.1, 0.15) is 11.7 Å². The van der Waals surface area contributed by atoms with E-state index in [0.717, 1.165) is 0 Å². The number of ether oxygens (including phenoxy) is 5. The monoisotopic (exact) mass is 306 g/mol. The minimum absolute atomic E-state index is 0.0529. The lowest BCUT2D eigenvalue weighted by molar-refractivity contribution is -0.141. The van der Waals surface area contributed by atoms with Crippen molar-refractivity contribution in [3.63, 3.8) is 0 Å². The molecule has 2 unspecified atom stereocenters. The lowest BCUT2D eigenvalue weighted by Gasteiger charge is -2.30. The zero-order valence-corrected chi connectivity index (χ0v) is 14.6. The summed E-state index contributed by atoms with van der Waals surface area (Å²) in [5.74, 6) is 0. The van der Waals surface area contributed by atoms with E-state index in [1.54, 1.807) is 0 Å². The molecule has 0 saturated carbocycles. The van der Waals surface area contributed by atoms with Crippen LogP contribution >= 0.6 is 0 Å². The summed E-state index contributed by atoms with van der Waals surface area (Å²) < 4.78 is 28.2. The van der Waals surface area contributed by atoms with Crippen molar-refractivity contribution in [3.8, 4) is 0 Å². The van der Waals surface area contributed by atoms with Crippen LogP contribution < -0.4 is 0 Å². The Labute approximate surface area is 130 Å². The van der Waals surface area contributed by atoms with Gasteiger partial charge >= 0.3 is 0 Å². The highest BCUT2D eigenvalue weighted by Gasteiger charge is 2.26. The summed E-state index contributed by atoms with van der Waals surface area (Å²) in [6, 6.07) is 0. The summed E-state index contributed by atoms with van der Waals surface area (Å²) in [7, 11) is 0. The molecule has 0 heterocycles. The third-order valence-electron chi connectivity index (χ3n) is 2.79. The van der Waals surface area contributed by atoms with E-state index in [1.807, 2.05) is 41.5 Å². The fraction of sp³-hybridized carbons (Fsp3) is 1.00. The van der Waals surface area contributed by atoms with Gasteiger partial charge in [0.05, 0.1) is 32.5 Å². The molecule has 0 aromatic rings. The van der Waals surface area contributed by atoms with Gasteiger partial charge in [0.25, 0.3) is 0 Å². The van der Waals surface area contributed by atoms with Gasteiger partial charge in [-0.25, -0.2) is 0 Å². The Hall–Kier alpha value is -0.200. The fourth-order valence-electron chi connectivity index (χ4n) is 1.96. The van der Waals surface area contributed by atoms with Crippen molar-refractivity contribution in [2.24, 2.45) is 0 Å². The molecule has 2 atom stereocenters. The van der Waals surface area contributed by atoms with Crippen molar-refractivity contribution in [2.45, 2.75) is 59.4 Å². The summed E-state index contributed by atoms with van der Waals surface area (Å²) >= 11 is 0. The Balaban J connectivity index is 4.21.